The Labute approximate surface area is 237 Å². The Morgan fingerprint density at radius 2 is 1.34 bits per heavy atom. The molecule has 0 saturated carbocycles. The minimum absolute atomic E-state index is 0.0772. The van der Waals surface area contributed by atoms with Crippen LogP contribution in [0.15, 0.2) is 97.2 Å². The van der Waals surface area contributed by atoms with Gasteiger partial charge in [0.05, 0.1) is 6.20 Å². The highest BCUT2D eigenvalue weighted by Gasteiger charge is 2.38. The number of anilines is 2. The summed E-state index contributed by atoms with van der Waals surface area (Å²) in [7, 11) is 1.74. The van der Waals surface area contributed by atoms with Gasteiger partial charge in [-0.25, -0.2) is 9.59 Å². The van der Waals surface area contributed by atoms with E-state index in [1.165, 1.54) is 6.20 Å². The van der Waals surface area contributed by atoms with E-state index in [4.69, 9.17) is 5.11 Å². The van der Waals surface area contributed by atoms with E-state index >= 15 is 0 Å². The molecule has 4 aromatic rings. The van der Waals surface area contributed by atoms with Gasteiger partial charge in [0.15, 0.2) is 0 Å². The van der Waals surface area contributed by atoms with Crippen LogP contribution in [0.3, 0.4) is 0 Å². The molecule has 1 aromatic heterocycles. The highest BCUT2D eigenvalue weighted by Crippen LogP contribution is 2.41. The first kappa shape index (κ1) is 28.7. The zero-order valence-corrected chi connectivity index (χ0v) is 22.4. The van der Waals surface area contributed by atoms with E-state index in [9.17, 15) is 19.5 Å². The van der Waals surface area contributed by atoms with Crippen molar-refractivity contribution in [3.63, 3.8) is 0 Å². The van der Waals surface area contributed by atoms with E-state index in [1.807, 2.05) is 91.0 Å². The maximum absolute atomic E-state index is 13.3. The van der Waals surface area contributed by atoms with Gasteiger partial charge in [0, 0.05) is 13.6 Å². The average molecular weight is 557 g/mol. The topological polar surface area (TPSA) is 158 Å². The average Bonchev–Trinajstić information content (AvgIpc) is 3.32. The van der Waals surface area contributed by atoms with Crippen molar-refractivity contribution in [1.29, 1.82) is 0 Å². The Kier molecular flexibility index (Phi) is 9.20. The lowest BCUT2D eigenvalue weighted by Gasteiger charge is -2.38. The molecular formula is C30H32N6O5. The Morgan fingerprint density at radius 1 is 0.829 bits per heavy atom. The molecule has 0 bridgehead atoms. The molecule has 0 fully saturated rings. The number of hydrogen-bond acceptors (Lipinski definition) is 5. The lowest BCUT2D eigenvalue weighted by molar-refractivity contribution is -0.118. The molecule has 1 heterocycles. The molecule has 0 unspecified atom stereocenters. The first-order chi connectivity index (χ1) is 19.8. The fourth-order valence-corrected chi connectivity index (χ4v) is 4.78. The number of carbonyl (C=O) groups excluding carboxylic acids is 1. The van der Waals surface area contributed by atoms with E-state index in [1.54, 1.807) is 11.7 Å². The van der Waals surface area contributed by atoms with Crippen LogP contribution in [0, 0.1) is 0 Å². The van der Waals surface area contributed by atoms with Crippen LogP contribution in [0.5, 0.6) is 0 Å². The van der Waals surface area contributed by atoms with Crippen molar-refractivity contribution in [2.24, 2.45) is 7.05 Å². The first-order valence-electron chi connectivity index (χ1n) is 13.0. The lowest BCUT2D eigenvalue weighted by Crippen LogP contribution is -2.44. The van der Waals surface area contributed by atoms with Crippen molar-refractivity contribution in [2.45, 2.75) is 24.4 Å². The summed E-state index contributed by atoms with van der Waals surface area (Å²) >= 11 is 0. The van der Waals surface area contributed by atoms with Gasteiger partial charge in [0.25, 0.3) is 0 Å². The number of nitrogens with zero attached hydrogens (tertiary/aromatic N) is 2. The summed E-state index contributed by atoms with van der Waals surface area (Å²) in [5, 5.41) is 33.4. The fourth-order valence-electron chi connectivity index (χ4n) is 4.78. The number of carbonyl (C=O) groups is 3. The van der Waals surface area contributed by atoms with Crippen LogP contribution in [-0.2, 0) is 17.4 Å². The van der Waals surface area contributed by atoms with Gasteiger partial charge in [-0.1, -0.05) is 91.0 Å². The fraction of sp³-hybridized carbons (Fsp3) is 0.200. The number of aryl methyl sites for hydroxylation is 1. The lowest BCUT2D eigenvalue weighted by atomic mass is 9.77. The van der Waals surface area contributed by atoms with Gasteiger partial charge in [-0.05, 0) is 29.5 Å². The number of benzene rings is 3. The van der Waals surface area contributed by atoms with Crippen molar-refractivity contribution in [1.82, 2.24) is 20.4 Å². The molecule has 0 saturated heterocycles. The van der Waals surface area contributed by atoms with Crippen LogP contribution in [0.2, 0.25) is 0 Å². The van der Waals surface area contributed by atoms with Gasteiger partial charge >= 0.3 is 12.2 Å². The molecule has 11 heteroatoms. The molecular weight excluding hydrogens is 524 g/mol. The summed E-state index contributed by atoms with van der Waals surface area (Å²) in [4.78, 5) is 35.4. The minimum atomic E-state index is -1.36. The predicted octanol–water partition coefficient (Wildman–Crippen LogP) is 4.45. The van der Waals surface area contributed by atoms with E-state index in [2.05, 4.69) is 26.4 Å². The van der Waals surface area contributed by atoms with Gasteiger partial charge in [0.1, 0.15) is 23.1 Å². The number of rotatable bonds is 12. The number of hydrogen-bond donors (Lipinski definition) is 6. The molecule has 0 radical (unpaired) electrons. The van der Waals surface area contributed by atoms with Crippen LogP contribution in [-0.4, -0.2) is 50.7 Å². The summed E-state index contributed by atoms with van der Waals surface area (Å²) in [5.74, 6) is -0.0972. The Hall–Kier alpha value is -5.32. The van der Waals surface area contributed by atoms with Crippen LogP contribution in [0.1, 0.15) is 29.5 Å². The molecule has 0 spiro atoms. The summed E-state index contributed by atoms with van der Waals surface area (Å²) in [6, 6.07) is 28.7. The predicted molar refractivity (Wildman–Crippen MR) is 155 cm³/mol. The van der Waals surface area contributed by atoms with Crippen molar-refractivity contribution >= 4 is 29.6 Å². The summed E-state index contributed by atoms with van der Waals surface area (Å²) in [6.07, 6.45) is -0.722. The third-order valence-electron chi connectivity index (χ3n) is 6.68. The Bertz CT molecular complexity index is 1360. The zero-order chi connectivity index (χ0) is 29.2. The Morgan fingerprint density at radius 3 is 1.80 bits per heavy atom. The number of nitrogens with one attached hydrogen (secondary N) is 4. The zero-order valence-electron chi connectivity index (χ0n) is 22.4. The molecule has 0 aliphatic carbocycles. The second kappa shape index (κ2) is 13.2. The monoisotopic (exact) mass is 556 g/mol. The normalized spacial score (nSPS) is 11.7. The van der Waals surface area contributed by atoms with Crippen LogP contribution in [0.25, 0.3) is 0 Å². The second-order valence-corrected chi connectivity index (χ2v) is 9.37. The number of aromatic nitrogens is 2. The van der Waals surface area contributed by atoms with E-state index in [-0.39, 0.29) is 19.4 Å². The molecule has 212 valence electrons. The summed E-state index contributed by atoms with van der Waals surface area (Å²) in [6.45, 7) is 0.0772. The van der Waals surface area contributed by atoms with Gasteiger partial charge < -0.3 is 31.5 Å². The van der Waals surface area contributed by atoms with Crippen molar-refractivity contribution in [3.8, 4) is 0 Å². The standard InChI is InChI=1S/C30H32N6O5/c1-36-26(25(20-32-36)33-27(37)24(34-29(40)41)18-11-19-31-28(38)39)35-30(21-12-5-2-6-13-21,22-14-7-3-8-15-22)23-16-9-4-10-17-23/h2-10,12-17,20,24,31,34-35H,11,18-19H2,1H3,(H,33,37)(H,38,39)(H,40,41)/t24-/m0/s1. The highest BCUT2D eigenvalue weighted by molar-refractivity contribution is 5.98. The van der Waals surface area contributed by atoms with E-state index < -0.39 is 29.7 Å². The van der Waals surface area contributed by atoms with E-state index in [0.717, 1.165) is 16.7 Å². The van der Waals surface area contributed by atoms with Gasteiger partial charge in [-0.3, -0.25) is 9.48 Å². The number of carboxylic acid groups (broad SMARTS) is 2. The maximum Gasteiger partial charge on any atom is 0.405 e. The molecule has 0 aliphatic heterocycles. The van der Waals surface area contributed by atoms with Crippen LogP contribution < -0.4 is 21.3 Å². The molecule has 1 atom stereocenters. The molecule has 6 N–H and O–H groups in total. The van der Waals surface area contributed by atoms with Crippen molar-refractivity contribution < 1.29 is 24.6 Å². The summed E-state index contributed by atoms with van der Waals surface area (Å²) in [5.41, 5.74) is 2.32. The third-order valence-corrected chi connectivity index (χ3v) is 6.68. The smallest absolute Gasteiger partial charge is 0.405 e. The molecule has 0 aliphatic rings. The highest BCUT2D eigenvalue weighted by atomic mass is 16.4. The molecule has 4 rings (SSSR count). The van der Waals surface area contributed by atoms with Crippen LogP contribution in [0.4, 0.5) is 21.1 Å². The van der Waals surface area contributed by atoms with Gasteiger partial charge in [-0.15, -0.1) is 0 Å². The maximum atomic E-state index is 13.3. The van der Waals surface area contributed by atoms with Crippen molar-refractivity contribution in [3.05, 3.63) is 114 Å². The van der Waals surface area contributed by atoms with Crippen molar-refractivity contribution in [2.75, 3.05) is 17.2 Å². The van der Waals surface area contributed by atoms with E-state index in [0.29, 0.717) is 11.5 Å². The number of amides is 3. The molecule has 3 amide bonds. The molecule has 41 heavy (non-hydrogen) atoms. The minimum Gasteiger partial charge on any atom is -0.465 e. The molecule has 11 nitrogen and oxygen atoms in total. The third kappa shape index (κ3) is 6.82. The quantitative estimate of drug-likeness (QED) is 0.111. The largest absolute Gasteiger partial charge is 0.465 e. The Balaban J connectivity index is 1.73. The summed E-state index contributed by atoms with van der Waals surface area (Å²) < 4.78 is 1.61. The first-order valence-corrected chi connectivity index (χ1v) is 13.0. The SMILES string of the molecule is Cn1ncc(NC(=O)[C@H](CCCNC(=O)O)NC(=O)O)c1NC(c1ccccc1)(c1ccccc1)c1ccccc1. The van der Waals surface area contributed by atoms with Gasteiger partial charge in [-0.2, -0.15) is 5.10 Å². The molecule has 3 aromatic carbocycles. The van der Waals surface area contributed by atoms with Crippen LogP contribution >= 0.6 is 0 Å². The van der Waals surface area contributed by atoms with Gasteiger partial charge in [0.2, 0.25) is 5.91 Å². The second-order valence-electron chi connectivity index (χ2n) is 9.37.